The molecule has 2 aromatic carbocycles. The van der Waals surface area contributed by atoms with Crippen LogP contribution in [0.15, 0.2) is 57.9 Å². The molecule has 7 nitrogen and oxygen atoms in total. The van der Waals surface area contributed by atoms with E-state index in [2.05, 4.69) is 18.8 Å². The maximum absolute atomic E-state index is 13.9. The van der Waals surface area contributed by atoms with Gasteiger partial charge in [-0.3, -0.25) is 14.5 Å². The first-order valence-corrected chi connectivity index (χ1v) is 12.3. The number of hydrogen-bond donors (Lipinski definition) is 0. The van der Waals surface area contributed by atoms with Crippen LogP contribution >= 0.6 is 0 Å². The standard InChI is InChI=1S/C30H30N2O5/c1-16(2)15-36-22-8-7-20(14-24(22)35-6)27-26-28(33)21-12-18(4)19(5)13-23(21)37-29(26)30(34)32(27)25-11-17(3)9-10-31-25/h7-14,16,27H,15H2,1-6H3. The lowest BCUT2D eigenvalue weighted by molar-refractivity contribution is 0.0970. The molecule has 0 saturated carbocycles. The highest BCUT2D eigenvalue weighted by atomic mass is 16.5. The number of carbonyl (C=O) groups is 1. The molecule has 1 atom stereocenters. The molecule has 2 aromatic heterocycles. The molecule has 0 N–H and O–H groups in total. The van der Waals surface area contributed by atoms with Crippen molar-refractivity contribution in [1.82, 2.24) is 4.98 Å². The quantitative estimate of drug-likeness (QED) is 0.329. The van der Waals surface area contributed by atoms with Gasteiger partial charge in [0.1, 0.15) is 11.4 Å². The summed E-state index contributed by atoms with van der Waals surface area (Å²) in [5.74, 6) is 1.53. The first-order chi connectivity index (χ1) is 17.7. The van der Waals surface area contributed by atoms with Crippen LogP contribution in [0.4, 0.5) is 5.82 Å². The number of methoxy groups -OCH3 is 1. The van der Waals surface area contributed by atoms with Gasteiger partial charge in [-0.05, 0) is 85.3 Å². The molecule has 1 unspecified atom stereocenters. The van der Waals surface area contributed by atoms with E-state index in [1.807, 2.05) is 63.2 Å². The maximum atomic E-state index is 13.9. The minimum Gasteiger partial charge on any atom is -0.493 e. The summed E-state index contributed by atoms with van der Waals surface area (Å²) in [6.07, 6.45) is 1.65. The Labute approximate surface area is 215 Å². The van der Waals surface area contributed by atoms with Crippen molar-refractivity contribution in [3.63, 3.8) is 0 Å². The zero-order chi connectivity index (χ0) is 26.4. The van der Waals surface area contributed by atoms with Crippen molar-refractivity contribution < 1.29 is 18.7 Å². The number of hydrogen-bond acceptors (Lipinski definition) is 6. The van der Waals surface area contributed by atoms with E-state index < -0.39 is 11.9 Å². The van der Waals surface area contributed by atoms with E-state index in [1.54, 1.807) is 13.3 Å². The third-order valence-corrected chi connectivity index (χ3v) is 6.71. The van der Waals surface area contributed by atoms with Crippen LogP contribution in [0.2, 0.25) is 0 Å². The number of carbonyl (C=O) groups excluding carboxylic acids is 1. The van der Waals surface area contributed by atoms with Crippen LogP contribution in [0.1, 0.15) is 58.3 Å². The van der Waals surface area contributed by atoms with Crippen molar-refractivity contribution in [2.45, 2.75) is 40.7 Å². The molecule has 1 aliphatic heterocycles. The molecule has 0 saturated heterocycles. The van der Waals surface area contributed by atoms with Crippen LogP contribution < -0.4 is 19.8 Å². The molecule has 3 heterocycles. The number of ether oxygens (including phenoxy) is 2. The molecular formula is C30H30N2O5. The van der Waals surface area contributed by atoms with E-state index in [1.165, 1.54) is 4.90 Å². The monoisotopic (exact) mass is 498 g/mol. The summed E-state index contributed by atoms with van der Waals surface area (Å²) in [6, 6.07) is 12.1. The number of aryl methyl sites for hydroxylation is 3. The van der Waals surface area contributed by atoms with Gasteiger partial charge in [0.2, 0.25) is 5.76 Å². The van der Waals surface area contributed by atoms with E-state index in [9.17, 15) is 9.59 Å². The summed E-state index contributed by atoms with van der Waals surface area (Å²) in [4.78, 5) is 33.8. The van der Waals surface area contributed by atoms with Gasteiger partial charge in [-0.25, -0.2) is 4.98 Å². The Kier molecular flexibility index (Phi) is 6.23. The van der Waals surface area contributed by atoms with Crippen molar-refractivity contribution in [3.8, 4) is 11.5 Å². The number of aromatic nitrogens is 1. The molecule has 5 rings (SSSR count). The number of pyridine rings is 1. The zero-order valence-electron chi connectivity index (χ0n) is 21.9. The minimum absolute atomic E-state index is 0.0353. The van der Waals surface area contributed by atoms with E-state index in [0.717, 1.165) is 16.7 Å². The van der Waals surface area contributed by atoms with Gasteiger partial charge >= 0.3 is 0 Å². The largest absolute Gasteiger partial charge is 0.493 e. The fourth-order valence-corrected chi connectivity index (χ4v) is 4.66. The van der Waals surface area contributed by atoms with Crippen LogP contribution in [0, 0.1) is 26.7 Å². The van der Waals surface area contributed by atoms with Crippen molar-refractivity contribution in [2.75, 3.05) is 18.6 Å². The van der Waals surface area contributed by atoms with Crippen LogP contribution in [0.5, 0.6) is 11.5 Å². The van der Waals surface area contributed by atoms with E-state index >= 15 is 0 Å². The highest BCUT2D eigenvalue weighted by Gasteiger charge is 2.44. The summed E-state index contributed by atoms with van der Waals surface area (Å²) in [5, 5.41) is 0.447. The Hall–Kier alpha value is -4.13. The predicted molar refractivity (Wildman–Crippen MR) is 143 cm³/mol. The third-order valence-electron chi connectivity index (χ3n) is 6.71. The Morgan fingerprint density at radius 2 is 1.76 bits per heavy atom. The van der Waals surface area contributed by atoms with E-state index in [4.69, 9.17) is 13.9 Å². The molecular weight excluding hydrogens is 468 g/mol. The van der Waals surface area contributed by atoms with Gasteiger partial charge in [0, 0.05) is 6.20 Å². The smallest absolute Gasteiger partial charge is 0.296 e. The summed E-state index contributed by atoms with van der Waals surface area (Å²) in [6.45, 7) is 10.5. The molecule has 0 aliphatic carbocycles. The normalized spacial score (nSPS) is 14.9. The number of anilines is 1. The second-order valence-electron chi connectivity index (χ2n) is 9.99. The lowest BCUT2D eigenvalue weighted by Gasteiger charge is -2.25. The Bertz CT molecular complexity index is 1590. The van der Waals surface area contributed by atoms with Crippen molar-refractivity contribution in [3.05, 3.63) is 92.5 Å². The van der Waals surface area contributed by atoms with Gasteiger partial charge in [0.25, 0.3) is 5.91 Å². The molecule has 0 spiro atoms. The summed E-state index contributed by atoms with van der Waals surface area (Å²) in [5.41, 5.74) is 4.06. The first-order valence-electron chi connectivity index (χ1n) is 12.3. The highest BCUT2D eigenvalue weighted by Crippen LogP contribution is 2.43. The Morgan fingerprint density at radius 1 is 1.00 bits per heavy atom. The summed E-state index contributed by atoms with van der Waals surface area (Å²) >= 11 is 0. The number of benzene rings is 2. The predicted octanol–water partition coefficient (Wildman–Crippen LogP) is 5.91. The Balaban J connectivity index is 1.75. The van der Waals surface area contributed by atoms with Crippen molar-refractivity contribution in [2.24, 2.45) is 5.92 Å². The van der Waals surface area contributed by atoms with Gasteiger partial charge < -0.3 is 13.9 Å². The lowest BCUT2D eigenvalue weighted by Crippen LogP contribution is -2.30. The third kappa shape index (κ3) is 4.24. The Morgan fingerprint density at radius 3 is 2.46 bits per heavy atom. The van der Waals surface area contributed by atoms with E-state index in [-0.39, 0.29) is 11.2 Å². The average molecular weight is 499 g/mol. The molecule has 0 fully saturated rings. The zero-order valence-corrected chi connectivity index (χ0v) is 21.9. The van der Waals surface area contributed by atoms with Crippen LogP contribution in [0.3, 0.4) is 0 Å². The topological polar surface area (TPSA) is 81.9 Å². The number of nitrogens with zero attached hydrogens (tertiary/aromatic N) is 2. The summed E-state index contributed by atoms with van der Waals surface area (Å²) < 4.78 is 17.7. The van der Waals surface area contributed by atoms with Gasteiger partial charge in [-0.15, -0.1) is 0 Å². The lowest BCUT2D eigenvalue weighted by atomic mass is 9.97. The highest BCUT2D eigenvalue weighted by molar-refractivity contribution is 6.10. The van der Waals surface area contributed by atoms with Gasteiger partial charge in [0.15, 0.2) is 16.9 Å². The summed E-state index contributed by atoms with van der Waals surface area (Å²) in [7, 11) is 1.57. The minimum atomic E-state index is -0.743. The van der Waals surface area contributed by atoms with E-state index in [0.29, 0.717) is 51.9 Å². The second-order valence-corrected chi connectivity index (χ2v) is 9.99. The fourth-order valence-electron chi connectivity index (χ4n) is 4.66. The number of fused-ring (bicyclic) bond motifs is 2. The SMILES string of the molecule is COc1cc(C2c3c(oc4cc(C)c(C)cc4c3=O)C(=O)N2c2cc(C)ccn2)ccc1OCC(C)C. The fraction of sp³-hybridized carbons (Fsp3) is 0.300. The molecule has 190 valence electrons. The maximum Gasteiger partial charge on any atom is 0.296 e. The van der Waals surface area contributed by atoms with Crippen LogP contribution in [-0.2, 0) is 0 Å². The molecule has 37 heavy (non-hydrogen) atoms. The van der Waals surface area contributed by atoms with Crippen molar-refractivity contribution >= 4 is 22.7 Å². The molecule has 1 aliphatic rings. The molecule has 4 aromatic rings. The molecule has 1 amide bonds. The first kappa shape index (κ1) is 24.6. The molecule has 0 radical (unpaired) electrons. The van der Waals surface area contributed by atoms with Crippen LogP contribution in [0.25, 0.3) is 11.0 Å². The van der Waals surface area contributed by atoms with Gasteiger partial charge in [-0.2, -0.15) is 0 Å². The van der Waals surface area contributed by atoms with Gasteiger partial charge in [-0.1, -0.05) is 19.9 Å². The molecule has 0 bridgehead atoms. The average Bonchev–Trinajstić information content (AvgIpc) is 3.16. The second kappa shape index (κ2) is 9.39. The van der Waals surface area contributed by atoms with Gasteiger partial charge in [0.05, 0.1) is 30.7 Å². The van der Waals surface area contributed by atoms with Crippen LogP contribution in [-0.4, -0.2) is 24.6 Å². The van der Waals surface area contributed by atoms with Crippen molar-refractivity contribution in [1.29, 1.82) is 0 Å². The molecule has 7 heteroatoms. The number of rotatable bonds is 6. The number of amides is 1.